The van der Waals surface area contributed by atoms with E-state index in [-0.39, 0.29) is 73.4 Å². The molecular weight excluding hydrogens is 342 g/mol. The third-order valence-electron chi connectivity index (χ3n) is 1.49. The second-order valence-corrected chi connectivity index (χ2v) is 4.74. The Kier molecular flexibility index (Phi) is 23.1. The van der Waals surface area contributed by atoms with Gasteiger partial charge in [-0.25, -0.2) is 0 Å². The van der Waals surface area contributed by atoms with Crippen LogP contribution in [0.15, 0.2) is 0 Å². The predicted octanol–water partition coefficient (Wildman–Crippen LogP) is 1.66. The molecule has 120 valence electrons. The van der Waals surface area contributed by atoms with E-state index in [4.69, 9.17) is 0 Å². The van der Waals surface area contributed by atoms with Gasteiger partial charge in [0, 0.05) is 0 Å². The monoisotopic (exact) mass is 364 g/mol. The Bertz CT molecular complexity index is 314. The summed E-state index contributed by atoms with van der Waals surface area (Å²) >= 11 is 0. The van der Waals surface area contributed by atoms with Crippen molar-refractivity contribution < 1.29 is 48.2 Å². The van der Waals surface area contributed by atoms with Gasteiger partial charge >= 0.3 is 19.5 Å². The van der Waals surface area contributed by atoms with Crippen molar-refractivity contribution in [3.8, 4) is 0 Å². The molecule has 0 saturated heterocycles. The molecule has 0 rings (SSSR count). The van der Waals surface area contributed by atoms with Crippen LogP contribution < -0.4 is 0 Å². The van der Waals surface area contributed by atoms with Gasteiger partial charge in [-0.2, -0.15) is 0 Å². The van der Waals surface area contributed by atoms with Crippen LogP contribution in [0.4, 0.5) is 0 Å². The number of hydrogen-bond acceptors (Lipinski definition) is 6. The van der Waals surface area contributed by atoms with Crippen molar-refractivity contribution in [2.24, 2.45) is 0 Å². The van der Waals surface area contributed by atoms with E-state index in [1.54, 1.807) is 0 Å². The summed E-state index contributed by atoms with van der Waals surface area (Å²) in [4.78, 5) is 60.2. The number of carbonyl (C=O) groups excluding carboxylic acids is 6. The molecule has 0 unspecified atom stereocenters. The summed E-state index contributed by atoms with van der Waals surface area (Å²) in [7, 11) is 0. The Hall–Kier alpha value is -1.36. The van der Waals surface area contributed by atoms with Gasteiger partial charge in [0.2, 0.25) is 0 Å². The van der Waals surface area contributed by atoms with E-state index in [9.17, 15) is 28.8 Å². The molecule has 0 aromatic carbocycles. The Morgan fingerprint density at radius 1 is 0.409 bits per heavy atom. The van der Waals surface area contributed by atoms with Crippen LogP contribution in [-0.2, 0) is 48.2 Å². The summed E-state index contributed by atoms with van der Waals surface area (Å²) in [6.45, 7) is 8.42. The minimum absolute atomic E-state index is 0. The van der Waals surface area contributed by atoms with Crippen LogP contribution in [0.5, 0.6) is 0 Å². The average molecular weight is 366 g/mol. The maximum Gasteiger partial charge on any atom is 2.00 e. The molecule has 0 heterocycles. The van der Waals surface area contributed by atoms with Crippen LogP contribution in [-0.4, -0.2) is 34.7 Å². The molecular formula is C15H24O6Zn+2. The second-order valence-electron chi connectivity index (χ2n) is 4.74. The number of rotatable bonds is 6. The van der Waals surface area contributed by atoms with Crippen molar-refractivity contribution in [2.75, 3.05) is 0 Å². The van der Waals surface area contributed by atoms with Crippen LogP contribution in [0.3, 0.4) is 0 Å². The van der Waals surface area contributed by atoms with Crippen molar-refractivity contribution in [3.63, 3.8) is 0 Å². The van der Waals surface area contributed by atoms with Gasteiger partial charge in [0.05, 0.1) is 19.3 Å². The molecule has 0 aromatic rings. The first-order valence-corrected chi connectivity index (χ1v) is 6.35. The molecule has 0 saturated carbocycles. The molecule has 0 aliphatic heterocycles. The molecule has 0 N–H and O–H groups in total. The van der Waals surface area contributed by atoms with E-state index in [2.05, 4.69) is 0 Å². The molecule has 0 atom stereocenters. The predicted molar refractivity (Wildman–Crippen MR) is 77.9 cm³/mol. The van der Waals surface area contributed by atoms with Crippen molar-refractivity contribution >= 4 is 34.7 Å². The summed E-state index contributed by atoms with van der Waals surface area (Å²) < 4.78 is 0. The first kappa shape index (κ1) is 28.8. The Labute approximate surface area is 144 Å². The number of Topliss-reactive ketones (excluding diaryl/α,β-unsaturated/α-hetero) is 6. The van der Waals surface area contributed by atoms with Crippen LogP contribution in [0.2, 0.25) is 0 Å². The van der Waals surface area contributed by atoms with Gasteiger partial charge in [-0.1, -0.05) is 0 Å². The maximum atomic E-state index is 10.0. The molecule has 0 amide bonds. The quantitative estimate of drug-likeness (QED) is 0.524. The number of carbonyl (C=O) groups is 6. The smallest absolute Gasteiger partial charge is 0.300 e. The average Bonchev–Trinajstić information content (AvgIpc) is 2.10. The zero-order valence-corrected chi connectivity index (χ0v) is 17.2. The van der Waals surface area contributed by atoms with Crippen LogP contribution in [0.25, 0.3) is 0 Å². The van der Waals surface area contributed by atoms with E-state index >= 15 is 0 Å². The minimum atomic E-state index is -0.0625. The SMILES string of the molecule is CC(=O)CC(C)=O.CC(=O)CC(C)=O.CC(=O)CC(C)=O.[Zn+2]. The molecule has 22 heavy (non-hydrogen) atoms. The van der Waals surface area contributed by atoms with E-state index in [0.717, 1.165) is 0 Å². The van der Waals surface area contributed by atoms with E-state index in [1.165, 1.54) is 41.5 Å². The fraction of sp³-hybridized carbons (Fsp3) is 0.600. The van der Waals surface area contributed by atoms with Crippen molar-refractivity contribution in [3.05, 3.63) is 0 Å². The first-order valence-electron chi connectivity index (χ1n) is 6.35. The summed E-state index contributed by atoms with van der Waals surface area (Å²) in [5, 5.41) is 0. The summed E-state index contributed by atoms with van der Waals surface area (Å²) in [6, 6.07) is 0. The molecule has 7 heteroatoms. The number of ketones is 6. The van der Waals surface area contributed by atoms with Gasteiger partial charge < -0.3 is 0 Å². The molecule has 0 spiro atoms. The van der Waals surface area contributed by atoms with Gasteiger partial charge in [-0.15, -0.1) is 0 Å². The molecule has 6 nitrogen and oxygen atoms in total. The summed E-state index contributed by atoms with van der Waals surface area (Å²) in [5.41, 5.74) is 0. The fourth-order valence-electron chi connectivity index (χ4n) is 1.05. The molecule has 0 aliphatic rings. The molecule has 0 radical (unpaired) electrons. The van der Waals surface area contributed by atoms with Crippen molar-refractivity contribution in [2.45, 2.75) is 60.8 Å². The number of hydrogen-bond donors (Lipinski definition) is 0. The molecule has 0 aliphatic carbocycles. The minimum Gasteiger partial charge on any atom is -0.300 e. The fourth-order valence-corrected chi connectivity index (χ4v) is 1.05. The van der Waals surface area contributed by atoms with Crippen LogP contribution >= 0.6 is 0 Å². The zero-order valence-electron chi connectivity index (χ0n) is 14.3. The van der Waals surface area contributed by atoms with Crippen LogP contribution in [0, 0.1) is 0 Å². The van der Waals surface area contributed by atoms with Gasteiger partial charge in [-0.05, 0) is 41.5 Å². The largest absolute Gasteiger partial charge is 2.00 e. The first-order chi connectivity index (χ1) is 9.38. The van der Waals surface area contributed by atoms with Gasteiger partial charge in [0.25, 0.3) is 0 Å². The maximum absolute atomic E-state index is 10.0. The second kappa shape index (κ2) is 17.7. The van der Waals surface area contributed by atoms with E-state index in [1.807, 2.05) is 0 Å². The standard InChI is InChI=1S/3C5H8O2.Zn/c3*1-4(6)3-5(2)7;/h3*3H2,1-2H3;/q;;;+2. The Balaban J connectivity index is -0.000000108. The molecule has 0 fully saturated rings. The zero-order chi connectivity index (χ0) is 17.6. The normalized spacial score (nSPS) is 7.91. The Morgan fingerprint density at radius 2 is 0.500 bits per heavy atom. The summed E-state index contributed by atoms with van der Waals surface area (Å²) in [6.07, 6.45) is 0.250. The topological polar surface area (TPSA) is 102 Å². The summed E-state index contributed by atoms with van der Waals surface area (Å²) in [5.74, 6) is -0.375. The van der Waals surface area contributed by atoms with E-state index < -0.39 is 0 Å². The van der Waals surface area contributed by atoms with Crippen molar-refractivity contribution in [1.82, 2.24) is 0 Å². The van der Waals surface area contributed by atoms with E-state index in [0.29, 0.717) is 0 Å². The third kappa shape index (κ3) is 51.2. The Morgan fingerprint density at radius 3 is 0.500 bits per heavy atom. The third-order valence-corrected chi connectivity index (χ3v) is 1.49. The van der Waals surface area contributed by atoms with Crippen LogP contribution in [0.1, 0.15) is 60.8 Å². The van der Waals surface area contributed by atoms with Gasteiger partial charge in [0.1, 0.15) is 34.7 Å². The van der Waals surface area contributed by atoms with Crippen molar-refractivity contribution in [1.29, 1.82) is 0 Å². The molecule has 0 aromatic heterocycles. The van der Waals surface area contributed by atoms with Gasteiger partial charge in [0.15, 0.2) is 0 Å². The van der Waals surface area contributed by atoms with Gasteiger partial charge in [-0.3, -0.25) is 28.8 Å². The molecule has 0 bridgehead atoms.